The molecule has 2 rings (SSSR count). The minimum absolute atomic E-state index is 0.0255. The highest BCUT2D eigenvalue weighted by Gasteiger charge is 2.27. The molecule has 1 aromatic rings. The van der Waals surface area contributed by atoms with E-state index in [2.05, 4.69) is 0 Å². The summed E-state index contributed by atoms with van der Waals surface area (Å²) in [7, 11) is 0. The quantitative estimate of drug-likeness (QED) is 0.613. The summed E-state index contributed by atoms with van der Waals surface area (Å²) in [5.74, 6) is -0.182. The number of carbonyl (C=O) groups is 1. The number of hydrogen-bond acceptors (Lipinski definition) is 4. The lowest BCUT2D eigenvalue weighted by Gasteiger charge is -2.35. The lowest BCUT2D eigenvalue weighted by molar-refractivity contribution is -0.384. The van der Waals surface area contributed by atoms with Gasteiger partial charge < -0.3 is 9.64 Å². The Hall–Kier alpha value is -1.95. The predicted molar refractivity (Wildman–Crippen MR) is 73.7 cm³/mol. The lowest BCUT2D eigenvalue weighted by atomic mass is 10.1. The summed E-state index contributed by atoms with van der Waals surface area (Å²) in [5.41, 5.74) is 1.01. The number of morpholine rings is 1. The van der Waals surface area contributed by atoms with Gasteiger partial charge in [-0.15, -0.1) is 0 Å². The van der Waals surface area contributed by atoms with Gasteiger partial charge in [0, 0.05) is 30.8 Å². The van der Waals surface area contributed by atoms with Crippen molar-refractivity contribution in [3.8, 4) is 0 Å². The average Bonchev–Trinajstić information content (AvgIpc) is 2.35. The van der Waals surface area contributed by atoms with Crippen LogP contribution in [0.4, 0.5) is 5.69 Å². The highest BCUT2D eigenvalue weighted by atomic mass is 16.6. The van der Waals surface area contributed by atoms with Crippen LogP contribution in [0.5, 0.6) is 0 Å². The molecule has 0 aromatic heterocycles. The van der Waals surface area contributed by atoms with Gasteiger partial charge in [-0.05, 0) is 32.4 Å². The Morgan fingerprint density at radius 1 is 1.30 bits per heavy atom. The fraction of sp³-hybridized carbons (Fsp3) is 0.500. The Labute approximate surface area is 117 Å². The first-order valence-electron chi connectivity index (χ1n) is 6.57. The highest BCUT2D eigenvalue weighted by molar-refractivity contribution is 5.95. The molecule has 0 aliphatic carbocycles. The number of benzene rings is 1. The van der Waals surface area contributed by atoms with Gasteiger partial charge in [0.05, 0.1) is 17.1 Å². The molecule has 1 aliphatic rings. The van der Waals surface area contributed by atoms with E-state index in [0.29, 0.717) is 24.2 Å². The van der Waals surface area contributed by atoms with Crippen LogP contribution >= 0.6 is 0 Å². The molecule has 1 aliphatic heterocycles. The zero-order chi connectivity index (χ0) is 14.9. The van der Waals surface area contributed by atoms with Gasteiger partial charge in [-0.1, -0.05) is 0 Å². The summed E-state index contributed by atoms with van der Waals surface area (Å²) in [6.45, 7) is 6.58. The van der Waals surface area contributed by atoms with E-state index in [0.717, 1.165) is 0 Å². The Morgan fingerprint density at radius 3 is 2.45 bits per heavy atom. The lowest BCUT2D eigenvalue weighted by Crippen LogP contribution is -2.48. The molecule has 0 radical (unpaired) electrons. The molecule has 108 valence electrons. The van der Waals surface area contributed by atoms with E-state index in [1.165, 1.54) is 12.1 Å². The molecule has 2 atom stereocenters. The maximum absolute atomic E-state index is 12.5. The average molecular weight is 278 g/mol. The molecule has 1 aromatic carbocycles. The number of amides is 1. The van der Waals surface area contributed by atoms with Crippen LogP contribution in [0.25, 0.3) is 0 Å². The summed E-state index contributed by atoms with van der Waals surface area (Å²) in [6.07, 6.45) is -0.0509. The molecule has 20 heavy (non-hydrogen) atoms. The van der Waals surface area contributed by atoms with E-state index in [-0.39, 0.29) is 23.8 Å². The first kappa shape index (κ1) is 14.5. The van der Waals surface area contributed by atoms with Crippen LogP contribution in [0, 0.1) is 17.0 Å². The molecule has 1 heterocycles. The largest absolute Gasteiger partial charge is 0.372 e. The number of rotatable bonds is 2. The van der Waals surface area contributed by atoms with Gasteiger partial charge in [0.2, 0.25) is 0 Å². The number of nitro groups is 1. The van der Waals surface area contributed by atoms with E-state index < -0.39 is 4.92 Å². The third-order valence-corrected chi connectivity index (χ3v) is 3.23. The molecule has 1 fully saturated rings. The van der Waals surface area contributed by atoms with Crippen LogP contribution < -0.4 is 0 Å². The fourth-order valence-electron chi connectivity index (χ4n) is 2.52. The van der Waals surface area contributed by atoms with Gasteiger partial charge >= 0.3 is 0 Å². The minimum Gasteiger partial charge on any atom is -0.372 e. The number of non-ortho nitro benzene ring substituents is 1. The van der Waals surface area contributed by atoms with Crippen LogP contribution in [-0.2, 0) is 4.74 Å². The Balaban J connectivity index is 2.26. The predicted octanol–water partition coefficient (Wildman–Crippen LogP) is 2.15. The number of ether oxygens (including phenoxy) is 1. The van der Waals surface area contributed by atoms with Gasteiger partial charge in [0.1, 0.15) is 0 Å². The topological polar surface area (TPSA) is 72.7 Å². The smallest absolute Gasteiger partial charge is 0.270 e. The molecule has 6 heteroatoms. The number of carbonyl (C=O) groups excluding carboxylic acids is 1. The minimum atomic E-state index is -0.478. The first-order chi connectivity index (χ1) is 9.36. The zero-order valence-corrected chi connectivity index (χ0v) is 11.8. The number of aryl methyl sites for hydroxylation is 1. The van der Waals surface area contributed by atoms with Crippen molar-refractivity contribution < 1.29 is 14.5 Å². The fourth-order valence-corrected chi connectivity index (χ4v) is 2.52. The van der Waals surface area contributed by atoms with Crippen molar-refractivity contribution in [2.24, 2.45) is 0 Å². The maximum atomic E-state index is 12.5. The second kappa shape index (κ2) is 5.58. The second-order valence-electron chi connectivity index (χ2n) is 5.28. The van der Waals surface area contributed by atoms with Gasteiger partial charge in [0.25, 0.3) is 11.6 Å². The number of nitrogens with zero attached hydrogens (tertiary/aromatic N) is 2. The summed E-state index contributed by atoms with van der Waals surface area (Å²) < 4.78 is 5.59. The summed E-state index contributed by atoms with van der Waals surface area (Å²) in [4.78, 5) is 24.5. The van der Waals surface area contributed by atoms with Crippen molar-refractivity contribution >= 4 is 11.6 Å². The van der Waals surface area contributed by atoms with Crippen molar-refractivity contribution in [2.75, 3.05) is 13.1 Å². The van der Waals surface area contributed by atoms with Crippen molar-refractivity contribution in [3.63, 3.8) is 0 Å². The molecule has 1 saturated heterocycles. The van der Waals surface area contributed by atoms with Crippen LogP contribution in [0.2, 0.25) is 0 Å². The van der Waals surface area contributed by atoms with Crippen LogP contribution in [0.3, 0.4) is 0 Å². The normalized spacial score (nSPS) is 22.6. The molecule has 6 nitrogen and oxygen atoms in total. The van der Waals surface area contributed by atoms with Crippen molar-refractivity contribution in [1.29, 1.82) is 0 Å². The van der Waals surface area contributed by atoms with Crippen molar-refractivity contribution in [2.45, 2.75) is 33.0 Å². The van der Waals surface area contributed by atoms with E-state index in [1.54, 1.807) is 17.9 Å². The second-order valence-corrected chi connectivity index (χ2v) is 5.28. The molecule has 1 amide bonds. The number of hydrogen-bond donors (Lipinski definition) is 0. The standard InChI is InChI=1S/C14H18N2O4/c1-9-4-12(6-13(5-9)16(18)19)14(17)15-7-10(2)20-11(3)8-15/h4-6,10-11H,7-8H2,1-3H3. The Morgan fingerprint density at radius 2 is 1.90 bits per heavy atom. The Bertz CT molecular complexity index is 534. The molecule has 2 unspecified atom stereocenters. The van der Waals surface area contributed by atoms with Crippen molar-refractivity contribution in [3.05, 3.63) is 39.4 Å². The SMILES string of the molecule is Cc1cc(C(=O)N2CC(C)OC(C)C2)cc([N+](=O)[O-])c1. The van der Waals surface area contributed by atoms with Crippen LogP contribution in [0.15, 0.2) is 18.2 Å². The van der Waals surface area contributed by atoms with E-state index in [1.807, 2.05) is 13.8 Å². The summed E-state index contributed by atoms with van der Waals surface area (Å²) >= 11 is 0. The van der Waals surface area contributed by atoms with Gasteiger partial charge in [-0.3, -0.25) is 14.9 Å². The van der Waals surface area contributed by atoms with Crippen LogP contribution in [-0.4, -0.2) is 41.0 Å². The van der Waals surface area contributed by atoms with Crippen LogP contribution in [0.1, 0.15) is 29.8 Å². The molecule has 0 N–H and O–H groups in total. The third kappa shape index (κ3) is 3.14. The molecule has 0 spiro atoms. The number of nitro benzene ring substituents is 1. The maximum Gasteiger partial charge on any atom is 0.270 e. The molecular weight excluding hydrogens is 260 g/mol. The molecule has 0 saturated carbocycles. The summed E-state index contributed by atoms with van der Waals surface area (Å²) in [5, 5.41) is 10.9. The van der Waals surface area contributed by atoms with Gasteiger partial charge in [0.15, 0.2) is 0 Å². The van der Waals surface area contributed by atoms with E-state index >= 15 is 0 Å². The van der Waals surface area contributed by atoms with Gasteiger partial charge in [-0.25, -0.2) is 0 Å². The summed E-state index contributed by atoms with van der Waals surface area (Å²) in [6, 6.07) is 4.47. The van der Waals surface area contributed by atoms with E-state index in [9.17, 15) is 14.9 Å². The van der Waals surface area contributed by atoms with E-state index in [4.69, 9.17) is 4.74 Å². The zero-order valence-electron chi connectivity index (χ0n) is 11.8. The third-order valence-electron chi connectivity index (χ3n) is 3.23. The monoisotopic (exact) mass is 278 g/mol. The highest BCUT2D eigenvalue weighted by Crippen LogP contribution is 2.20. The van der Waals surface area contributed by atoms with Crippen molar-refractivity contribution in [1.82, 2.24) is 4.90 Å². The van der Waals surface area contributed by atoms with Gasteiger partial charge in [-0.2, -0.15) is 0 Å². The molecular formula is C14H18N2O4. The Kier molecular flexibility index (Phi) is 4.04. The first-order valence-corrected chi connectivity index (χ1v) is 6.57. The molecule has 0 bridgehead atoms.